The maximum Gasteiger partial charge on any atom is 0.243 e. The second-order valence-electron chi connectivity index (χ2n) is 7.45. The summed E-state index contributed by atoms with van der Waals surface area (Å²) in [5, 5.41) is 3.09. The molecule has 28 heavy (non-hydrogen) atoms. The summed E-state index contributed by atoms with van der Waals surface area (Å²) in [6, 6.07) is 15.9. The summed E-state index contributed by atoms with van der Waals surface area (Å²) < 4.78 is 32.2. The predicted molar refractivity (Wildman–Crippen MR) is 106 cm³/mol. The van der Waals surface area contributed by atoms with Gasteiger partial charge in [0.25, 0.3) is 0 Å². The Kier molecular flexibility index (Phi) is 4.89. The molecule has 4 rings (SSSR count). The second kappa shape index (κ2) is 7.22. The van der Waals surface area contributed by atoms with Crippen LogP contribution in [0.15, 0.2) is 59.5 Å². The van der Waals surface area contributed by atoms with Crippen molar-refractivity contribution in [1.82, 2.24) is 9.62 Å². The Balaban J connectivity index is 1.42. The van der Waals surface area contributed by atoms with Gasteiger partial charge in [-0.05, 0) is 49.1 Å². The fourth-order valence-electron chi connectivity index (χ4n) is 3.81. The number of nitrogens with zero attached hydrogens (tertiary/aromatic N) is 1. The van der Waals surface area contributed by atoms with Crippen molar-refractivity contribution in [3.05, 3.63) is 60.2 Å². The lowest BCUT2D eigenvalue weighted by atomic mass is 9.94. The number of carbonyl (C=O) groups is 1. The number of methoxy groups -OCH3 is 1. The maximum atomic E-state index is 13.0. The molecule has 1 amide bonds. The third-order valence-corrected chi connectivity index (χ3v) is 7.57. The Bertz CT molecular complexity index is 954. The van der Waals surface area contributed by atoms with Crippen LogP contribution in [0.1, 0.15) is 24.8 Å². The van der Waals surface area contributed by atoms with Crippen molar-refractivity contribution in [2.24, 2.45) is 0 Å². The molecule has 2 aliphatic rings. The summed E-state index contributed by atoms with van der Waals surface area (Å²) >= 11 is 0. The minimum Gasteiger partial charge on any atom is -0.497 e. The quantitative estimate of drug-likeness (QED) is 0.807. The van der Waals surface area contributed by atoms with Crippen molar-refractivity contribution in [1.29, 1.82) is 0 Å². The van der Waals surface area contributed by atoms with Crippen LogP contribution < -0.4 is 10.1 Å². The first kappa shape index (κ1) is 19.0. The predicted octanol–water partition coefficient (Wildman–Crippen LogP) is 2.31. The average molecular weight is 401 g/mol. The zero-order chi connectivity index (χ0) is 19.8. The summed E-state index contributed by atoms with van der Waals surface area (Å²) in [5.74, 6) is 0.749. The van der Waals surface area contributed by atoms with Gasteiger partial charge in [0, 0.05) is 19.1 Å². The highest BCUT2D eigenvalue weighted by molar-refractivity contribution is 7.89. The van der Waals surface area contributed by atoms with Crippen molar-refractivity contribution in [2.75, 3.05) is 20.2 Å². The van der Waals surface area contributed by atoms with Crippen LogP contribution in [0.25, 0.3) is 0 Å². The van der Waals surface area contributed by atoms with E-state index in [1.807, 2.05) is 24.3 Å². The van der Waals surface area contributed by atoms with Gasteiger partial charge in [-0.2, -0.15) is 4.31 Å². The highest BCUT2D eigenvalue weighted by atomic mass is 32.2. The first-order valence-electron chi connectivity index (χ1n) is 9.46. The fourth-order valence-corrected chi connectivity index (χ4v) is 5.33. The molecule has 1 saturated carbocycles. The zero-order valence-electron chi connectivity index (χ0n) is 15.8. The number of benzene rings is 2. The molecular weight excluding hydrogens is 376 g/mol. The zero-order valence-corrected chi connectivity index (χ0v) is 16.6. The number of carbonyl (C=O) groups excluding carboxylic acids is 1. The molecule has 0 bridgehead atoms. The van der Waals surface area contributed by atoms with Crippen molar-refractivity contribution in [3.8, 4) is 5.75 Å². The van der Waals surface area contributed by atoms with Gasteiger partial charge in [0.05, 0.1) is 17.4 Å². The second-order valence-corrected chi connectivity index (χ2v) is 9.38. The van der Waals surface area contributed by atoms with Gasteiger partial charge in [-0.3, -0.25) is 4.79 Å². The van der Waals surface area contributed by atoms with Crippen molar-refractivity contribution < 1.29 is 17.9 Å². The van der Waals surface area contributed by atoms with Gasteiger partial charge >= 0.3 is 0 Å². The molecule has 1 saturated heterocycles. The Morgan fingerprint density at radius 2 is 1.79 bits per heavy atom. The van der Waals surface area contributed by atoms with Crippen LogP contribution >= 0.6 is 0 Å². The monoisotopic (exact) mass is 400 g/mol. The van der Waals surface area contributed by atoms with Crippen LogP contribution in [0, 0.1) is 0 Å². The molecule has 1 heterocycles. The molecule has 2 fully saturated rings. The Morgan fingerprint density at radius 3 is 2.39 bits per heavy atom. The van der Waals surface area contributed by atoms with Gasteiger partial charge in [0.15, 0.2) is 0 Å². The molecule has 148 valence electrons. The molecule has 7 heteroatoms. The van der Waals surface area contributed by atoms with Crippen molar-refractivity contribution in [2.45, 2.75) is 35.6 Å². The Morgan fingerprint density at radius 1 is 1.11 bits per heavy atom. The lowest BCUT2D eigenvalue weighted by Crippen LogP contribution is -2.43. The maximum absolute atomic E-state index is 13.0. The number of hydrogen-bond donors (Lipinski definition) is 1. The smallest absolute Gasteiger partial charge is 0.243 e. The topological polar surface area (TPSA) is 75.7 Å². The Hall–Kier alpha value is -2.38. The van der Waals surface area contributed by atoms with Gasteiger partial charge in [-0.15, -0.1) is 0 Å². The molecule has 1 aliphatic heterocycles. The number of sulfonamides is 1. The van der Waals surface area contributed by atoms with E-state index in [4.69, 9.17) is 4.74 Å². The fraction of sp³-hybridized carbons (Fsp3) is 0.381. The summed E-state index contributed by atoms with van der Waals surface area (Å²) in [7, 11) is -1.90. The molecule has 1 aliphatic carbocycles. The number of nitrogens with one attached hydrogen (secondary N) is 1. The van der Waals surface area contributed by atoms with E-state index in [2.05, 4.69) is 5.32 Å². The number of rotatable bonds is 6. The SMILES string of the molecule is COc1ccc(C2(C(=O)N[C@H]3CCN(S(=O)(=O)c4ccccc4)C3)CC2)cc1. The molecule has 2 aromatic carbocycles. The van der Waals surface area contributed by atoms with E-state index in [1.54, 1.807) is 37.4 Å². The van der Waals surface area contributed by atoms with Gasteiger partial charge < -0.3 is 10.1 Å². The third-order valence-electron chi connectivity index (χ3n) is 5.69. The lowest BCUT2D eigenvalue weighted by Gasteiger charge is -2.20. The lowest BCUT2D eigenvalue weighted by molar-refractivity contribution is -0.124. The van der Waals surface area contributed by atoms with E-state index >= 15 is 0 Å². The van der Waals surface area contributed by atoms with E-state index < -0.39 is 15.4 Å². The van der Waals surface area contributed by atoms with E-state index in [0.717, 1.165) is 24.2 Å². The average Bonchev–Trinajstić information content (AvgIpc) is 3.41. The van der Waals surface area contributed by atoms with Crippen LogP contribution in [0.5, 0.6) is 5.75 Å². The molecule has 1 N–H and O–H groups in total. The molecule has 1 atom stereocenters. The van der Waals surface area contributed by atoms with Crippen LogP contribution in [0.4, 0.5) is 0 Å². The molecule has 0 spiro atoms. The van der Waals surface area contributed by atoms with Gasteiger partial charge in [0.1, 0.15) is 5.75 Å². The molecule has 0 radical (unpaired) electrons. The van der Waals surface area contributed by atoms with E-state index in [1.165, 1.54) is 4.31 Å². The highest BCUT2D eigenvalue weighted by Gasteiger charge is 2.52. The summed E-state index contributed by atoms with van der Waals surface area (Å²) in [6.07, 6.45) is 2.24. The first-order valence-corrected chi connectivity index (χ1v) is 10.9. The van der Waals surface area contributed by atoms with E-state index in [-0.39, 0.29) is 11.9 Å². The first-order chi connectivity index (χ1) is 13.5. The summed E-state index contributed by atoms with van der Waals surface area (Å²) in [6.45, 7) is 0.722. The van der Waals surface area contributed by atoms with Crippen molar-refractivity contribution >= 4 is 15.9 Å². The molecule has 6 nitrogen and oxygen atoms in total. The normalized spacial score (nSPS) is 21.2. The van der Waals surface area contributed by atoms with Crippen LogP contribution in [0.2, 0.25) is 0 Å². The van der Waals surface area contributed by atoms with Crippen molar-refractivity contribution in [3.63, 3.8) is 0 Å². The minimum atomic E-state index is -3.52. The summed E-state index contributed by atoms with van der Waals surface area (Å²) in [4.78, 5) is 13.2. The number of amides is 1. The van der Waals surface area contributed by atoms with Gasteiger partial charge in [-0.25, -0.2) is 8.42 Å². The third kappa shape index (κ3) is 3.40. The van der Waals surface area contributed by atoms with E-state index in [9.17, 15) is 13.2 Å². The largest absolute Gasteiger partial charge is 0.497 e. The molecule has 2 aromatic rings. The van der Waals surface area contributed by atoms with Gasteiger partial charge in [-0.1, -0.05) is 30.3 Å². The van der Waals surface area contributed by atoms with E-state index in [0.29, 0.717) is 24.4 Å². The van der Waals surface area contributed by atoms with Crippen LogP contribution in [-0.4, -0.2) is 44.9 Å². The Labute approximate surface area is 165 Å². The molecular formula is C21H24N2O4S. The number of ether oxygens (including phenoxy) is 1. The van der Waals surface area contributed by atoms with Crippen LogP contribution in [0.3, 0.4) is 0 Å². The minimum absolute atomic E-state index is 0.0124. The molecule has 0 aromatic heterocycles. The number of hydrogen-bond acceptors (Lipinski definition) is 4. The molecule has 0 unspecified atom stereocenters. The van der Waals surface area contributed by atoms with Crippen LogP contribution in [-0.2, 0) is 20.2 Å². The standard InChI is InChI=1S/C21H24N2O4S/c1-27-18-9-7-16(8-10-18)21(12-13-21)20(24)22-17-11-14-23(15-17)28(25,26)19-5-3-2-4-6-19/h2-10,17H,11-15H2,1H3,(H,22,24)/t17-/m0/s1. The summed E-state index contributed by atoms with van der Waals surface area (Å²) in [5.41, 5.74) is 0.496. The van der Waals surface area contributed by atoms with Gasteiger partial charge in [0.2, 0.25) is 15.9 Å². The highest BCUT2D eigenvalue weighted by Crippen LogP contribution is 2.48.